The highest BCUT2D eigenvalue weighted by atomic mass is 32.2. The summed E-state index contributed by atoms with van der Waals surface area (Å²) in [4.78, 5) is 0. The summed E-state index contributed by atoms with van der Waals surface area (Å²) in [6.07, 6.45) is 27.8. The normalized spacial score (nSPS) is 11.6. The van der Waals surface area contributed by atoms with Crippen LogP contribution in [0.4, 0.5) is 0 Å². The molecule has 0 atom stereocenters. The van der Waals surface area contributed by atoms with Gasteiger partial charge in [-0.3, -0.25) is 0 Å². The molecule has 0 saturated carbocycles. The fraction of sp³-hybridized carbons (Fsp3) is 0.682. The van der Waals surface area contributed by atoms with Crippen LogP contribution >= 0.6 is 23.5 Å². The minimum Gasteiger partial charge on any atom is -0.492 e. The second kappa shape index (κ2) is 27.2. The van der Waals surface area contributed by atoms with E-state index in [1.807, 2.05) is 0 Å². The first-order valence-electron chi connectivity index (χ1n) is 20.2. The van der Waals surface area contributed by atoms with Crippen molar-refractivity contribution >= 4 is 45.1 Å². The molecule has 0 N–H and O–H groups in total. The Hall–Kier alpha value is -1.52. The predicted octanol–water partition coefficient (Wildman–Crippen LogP) is 14.6. The Morgan fingerprint density at radius 2 is 0.812 bits per heavy atom. The average Bonchev–Trinajstić information content (AvgIpc) is 3.12. The maximum atomic E-state index is 6.65. The number of rotatable bonds is 31. The lowest BCUT2D eigenvalue weighted by atomic mass is 9.98. The quantitative estimate of drug-likeness (QED) is 0.0493. The topological polar surface area (TPSA) is 18.5 Å². The van der Waals surface area contributed by atoms with Crippen LogP contribution in [-0.4, -0.2) is 36.2 Å². The molecule has 270 valence electrons. The lowest BCUT2D eigenvalue weighted by Gasteiger charge is -2.18. The van der Waals surface area contributed by atoms with E-state index in [1.54, 1.807) is 0 Å². The molecule has 3 rings (SSSR count). The van der Waals surface area contributed by atoms with Crippen molar-refractivity contribution < 1.29 is 9.47 Å². The summed E-state index contributed by atoms with van der Waals surface area (Å²) in [6.45, 7) is 8.37. The minimum absolute atomic E-state index is 0.775. The van der Waals surface area contributed by atoms with Crippen LogP contribution in [0.1, 0.15) is 155 Å². The van der Waals surface area contributed by atoms with E-state index in [9.17, 15) is 0 Å². The molecule has 0 aliphatic rings. The van der Waals surface area contributed by atoms with Crippen molar-refractivity contribution in [1.29, 1.82) is 0 Å². The van der Waals surface area contributed by atoms with Gasteiger partial charge in [-0.1, -0.05) is 147 Å². The zero-order valence-electron chi connectivity index (χ0n) is 31.3. The lowest BCUT2D eigenvalue weighted by molar-refractivity contribution is 0.307. The first-order valence-corrected chi connectivity index (χ1v) is 22.5. The van der Waals surface area contributed by atoms with Crippen molar-refractivity contribution in [2.75, 3.05) is 36.2 Å². The van der Waals surface area contributed by atoms with Gasteiger partial charge in [-0.25, -0.2) is 0 Å². The smallest absolute Gasteiger partial charge is 0.135 e. The fourth-order valence-electron chi connectivity index (χ4n) is 6.52. The maximum Gasteiger partial charge on any atom is 0.135 e. The summed E-state index contributed by atoms with van der Waals surface area (Å²) in [6, 6.07) is 15.6. The number of fused-ring (bicyclic) bond motifs is 2. The van der Waals surface area contributed by atoms with Gasteiger partial charge in [0.05, 0.1) is 13.2 Å². The lowest BCUT2D eigenvalue weighted by Crippen LogP contribution is -2.03. The third kappa shape index (κ3) is 16.0. The molecule has 0 aliphatic carbocycles. The predicted molar refractivity (Wildman–Crippen MR) is 220 cm³/mol. The first-order chi connectivity index (χ1) is 23.8. The molecule has 3 aromatic rings. The Balaban J connectivity index is 1.42. The van der Waals surface area contributed by atoms with Crippen molar-refractivity contribution in [3.8, 4) is 11.5 Å². The van der Waals surface area contributed by atoms with Crippen molar-refractivity contribution in [3.05, 3.63) is 48.0 Å². The highest BCUT2D eigenvalue weighted by Crippen LogP contribution is 2.43. The van der Waals surface area contributed by atoms with Gasteiger partial charge in [0.15, 0.2) is 0 Å². The van der Waals surface area contributed by atoms with Crippen LogP contribution in [0.25, 0.3) is 21.5 Å². The standard InChI is InChI=1S/C44H70O2S2/c1-4-7-9-11-15-23-33-47-35-25-17-13-21-31-45-43-39-27-19-20-28-40(39)44(42-37-38(6-3)29-30-41(42)43)46-32-22-14-18-26-36-48-34-24-16-12-10-8-5-2/h19-20,27-30,37H,4-18,21-26,31-36H2,1-3H3. The Bertz CT molecular complexity index is 1230. The molecule has 3 aromatic carbocycles. The Morgan fingerprint density at radius 3 is 1.27 bits per heavy atom. The van der Waals surface area contributed by atoms with E-state index in [0.717, 1.165) is 44.0 Å². The number of hydrogen-bond donors (Lipinski definition) is 0. The van der Waals surface area contributed by atoms with Gasteiger partial charge in [0.1, 0.15) is 11.5 Å². The van der Waals surface area contributed by atoms with Crippen molar-refractivity contribution in [2.45, 2.75) is 156 Å². The Morgan fingerprint density at radius 1 is 0.417 bits per heavy atom. The van der Waals surface area contributed by atoms with Gasteiger partial charge >= 0.3 is 0 Å². The van der Waals surface area contributed by atoms with Gasteiger partial charge in [-0.2, -0.15) is 23.5 Å². The van der Waals surface area contributed by atoms with E-state index in [0.29, 0.717) is 0 Å². The molecule has 0 amide bonds. The van der Waals surface area contributed by atoms with Gasteiger partial charge in [-0.05, 0) is 79.6 Å². The first kappa shape index (κ1) is 40.9. The summed E-state index contributed by atoms with van der Waals surface area (Å²) in [7, 11) is 0. The molecule has 0 bridgehead atoms. The van der Waals surface area contributed by atoms with Crippen molar-refractivity contribution in [2.24, 2.45) is 0 Å². The van der Waals surface area contributed by atoms with E-state index >= 15 is 0 Å². The summed E-state index contributed by atoms with van der Waals surface area (Å²) in [5.74, 6) is 7.37. The van der Waals surface area contributed by atoms with E-state index in [4.69, 9.17) is 9.47 Å². The minimum atomic E-state index is 0.775. The van der Waals surface area contributed by atoms with Gasteiger partial charge in [0.25, 0.3) is 0 Å². The van der Waals surface area contributed by atoms with E-state index in [2.05, 4.69) is 86.8 Å². The van der Waals surface area contributed by atoms with Crippen LogP contribution in [-0.2, 0) is 6.42 Å². The molecule has 0 heterocycles. The zero-order valence-corrected chi connectivity index (χ0v) is 32.9. The Labute approximate surface area is 304 Å². The number of benzene rings is 3. The Kier molecular flexibility index (Phi) is 23.2. The highest BCUT2D eigenvalue weighted by Gasteiger charge is 2.16. The van der Waals surface area contributed by atoms with Gasteiger partial charge in [-0.15, -0.1) is 0 Å². The monoisotopic (exact) mass is 694 g/mol. The molecule has 0 spiro atoms. The number of thioether (sulfide) groups is 2. The van der Waals surface area contributed by atoms with Gasteiger partial charge in [0.2, 0.25) is 0 Å². The highest BCUT2D eigenvalue weighted by molar-refractivity contribution is 7.99. The van der Waals surface area contributed by atoms with Crippen LogP contribution in [0.15, 0.2) is 42.5 Å². The third-order valence-electron chi connectivity index (χ3n) is 9.54. The van der Waals surface area contributed by atoms with Crippen LogP contribution < -0.4 is 9.47 Å². The van der Waals surface area contributed by atoms with Crippen LogP contribution in [0, 0.1) is 0 Å². The van der Waals surface area contributed by atoms with Gasteiger partial charge in [0, 0.05) is 21.5 Å². The molecule has 0 radical (unpaired) electrons. The second-order valence-electron chi connectivity index (χ2n) is 13.7. The molecule has 48 heavy (non-hydrogen) atoms. The SMILES string of the molecule is CCCCCCCCSCCCCCCOc1c2ccccc2c(OCCCCCCSCCCCCCCC)c2cc(CC)ccc12. The molecule has 0 aromatic heterocycles. The number of aryl methyl sites for hydroxylation is 1. The molecule has 0 unspecified atom stereocenters. The molecule has 2 nitrogen and oxygen atoms in total. The number of unbranched alkanes of at least 4 members (excludes halogenated alkanes) is 16. The summed E-state index contributed by atoms with van der Waals surface area (Å²) in [5.41, 5.74) is 1.35. The molecular formula is C44H70O2S2. The van der Waals surface area contributed by atoms with Gasteiger partial charge < -0.3 is 9.47 Å². The van der Waals surface area contributed by atoms with Crippen molar-refractivity contribution in [1.82, 2.24) is 0 Å². The number of ether oxygens (including phenoxy) is 2. The van der Waals surface area contributed by atoms with Crippen LogP contribution in [0.3, 0.4) is 0 Å². The summed E-state index contributed by atoms with van der Waals surface area (Å²) >= 11 is 4.31. The maximum absolute atomic E-state index is 6.65. The number of hydrogen-bond acceptors (Lipinski definition) is 4. The molecule has 0 saturated heterocycles. The van der Waals surface area contributed by atoms with E-state index < -0.39 is 0 Å². The van der Waals surface area contributed by atoms with E-state index in [1.165, 1.54) is 166 Å². The van der Waals surface area contributed by atoms with Crippen LogP contribution in [0.5, 0.6) is 11.5 Å². The molecule has 0 fully saturated rings. The fourth-order valence-corrected chi connectivity index (χ4v) is 8.56. The summed E-state index contributed by atoms with van der Waals surface area (Å²) < 4.78 is 13.3. The van der Waals surface area contributed by atoms with Crippen molar-refractivity contribution in [3.63, 3.8) is 0 Å². The largest absolute Gasteiger partial charge is 0.492 e. The average molecular weight is 695 g/mol. The van der Waals surface area contributed by atoms with E-state index in [-0.39, 0.29) is 0 Å². The molecule has 0 aliphatic heterocycles. The zero-order chi connectivity index (χ0) is 33.9. The molecular weight excluding hydrogens is 625 g/mol. The summed E-state index contributed by atoms with van der Waals surface area (Å²) in [5, 5.41) is 4.75. The second-order valence-corrected chi connectivity index (χ2v) is 16.2. The third-order valence-corrected chi connectivity index (χ3v) is 11.9. The van der Waals surface area contributed by atoms with Crippen LogP contribution in [0.2, 0.25) is 0 Å². The molecule has 4 heteroatoms.